The number of benzene rings is 2. The van der Waals surface area contributed by atoms with E-state index in [0.717, 1.165) is 25.9 Å². The van der Waals surface area contributed by atoms with Crippen molar-refractivity contribution in [1.29, 1.82) is 0 Å². The summed E-state index contributed by atoms with van der Waals surface area (Å²) in [4.78, 5) is 0. The molecule has 1 fully saturated rings. The molecule has 2 nitrogen and oxygen atoms in total. The summed E-state index contributed by atoms with van der Waals surface area (Å²) in [6.45, 7) is 1.81. The summed E-state index contributed by atoms with van der Waals surface area (Å²) < 4.78 is 0. The number of aliphatic hydroxyl groups excluding tert-OH is 1. The fraction of sp³-hybridized carbons (Fsp3) is 0.412. The molecule has 0 radical (unpaired) electrons. The van der Waals surface area contributed by atoms with Gasteiger partial charge in [0, 0.05) is 13.1 Å². The van der Waals surface area contributed by atoms with Gasteiger partial charge in [-0.3, -0.25) is 0 Å². The molecule has 0 aromatic heterocycles. The van der Waals surface area contributed by atoms with E-state index in [4.69, 9.17) is 0 Å². The number of fused-ring (bicyclic) bond motifs is 1. The smallest absolute Gasteiger partial charge is 0.0580 e. The van der Waals surface area contributed by atoms with Gasteiger partial charge in [0.1, 0.15) is 0 Å². The normalized spacial score (nSPS) is 23.0. The molecule has 0 bridgehead atoms. The predicted molar refractivity (Wildman–Crippen MR) is 79.0 cm³/mol. The molecule has 0 spiro atoms. The van der Waals surface area contributed by atoms with Crippen LogP contribution in [-0.2, 0) is 6.54 Å². The van der Waals surface area contributed by atoms with Gasteiger partial charge in [-0.25, -0.2) is 0 Å². The van der Waals surface area contributed by atoms with Crippen LogP contribution in [0.25, 0.3) is 10.8 Å². The molecule has 1 aliphatic rings. The van der Waals surface area contributed by atoms with Crippen molar-refractivity contribution in [2.75, 3.05) is 6.54 Å². The number of rotatable bonds is 4. The maximum absolute atomic E-state index is 9.79. The maximum atomic E-state index is 9.79. The van der Waals surface area contributed by atoms with E-state index in [1.165, 1.54) is 22.8 Å². The molecule has 2 unspecified atom stereocenters. The van der Waals surface area contributed by atoms with Crippen molar-refractivity contribution in [3.8, 4) is 0 Å². The van der Waals surface area contributed by atoms with E-state index in [1.807, 2.05) is 0 Å². The highest BCUT2D eigenvalue weighted by atomic mass is 16.3. The van der Waals surface area contributed by atoms with Crippen LogP contribution >= 0.6 is 0 Å². The summed E-state index contributed by atoms with van der Waals surface area (Å²) in [5, 5.41) is 15.8. The number of aliphatic hydroxyl groups is 1. The minimum Gasteiger partial charge on any atom is -0.393 e. The fourth-order valence-corrected chi connectivity index (χ4v) is 3.01. The van der Waals surface area contributed by atoms with Gasteiger partial charge in [0.2, 0.25) is 0 Å². The highest BCUT2D eigenvalue weighted by molar-refractivity contribution is 5.82. The first-order valence-corrected chi connectivity index (χ1v) is 7.19. The van der Waals surface area contributed by atoms with E-state index in [-0.39, 0.29) is 6.10 Å². The monoisotopic (exact) mass is 255 g/mol. The minimum absolute atomic E-state index is 0.0934. The number of hydrogen-bond donors (Lipinski definition) is 2. The SMILES string of the molecule is OC1CCCC1CNCc1ccc2ccccc2c1. The van der Waals surface area contributed by atoms with Crippen LogP contribution in [0.1, 0.15) is 24.8 Å². The number of nitrogens with one attached hydrogen (secondary N) is 1. The van der Waals surface area contributed by atoms with Gasteiger partial charge in [0.05, 0.1) is 6.10 Å². The maximum Gasteiger partial charge on any atom is 0.0580 e. The second-order valence-electron chi connectivity index (χ2n) is 5.57. The molecular formula is C17H21NO. The Balaban J connectivity index is 1.59. The highest BCUT2D eigenvalue weighted by Gasteiger charge is 2.24. The van der Waals surface area contributed by atoms with Crippen molar-refractivity contribution >= 4 is 10.8 Å². The molecule has 2 aromatic carbocycles. The highest BCUT2D eigenvalue weighted by Crippen LogP contribution is 2.24. The Morgan fingerprint density at radius 2 is 1.89 bits per heavy atom. The zero-order valence-corrected chi connectivity index (χ0v) is 11.2. The second-order valence-corrected chi connectivity index (χ2v) is 5.57. The molecule has 0 saturated heterocycles. The summed E-state index contributed by atoms with van der Waals surface area (Å²) in [5.74, 6) is 0.445. The van der Waals surface area contributed by atoms with E-state index in [0.29, 0.717) is 5.92 Å². The van der Waals surface area contributed by atoms with Crippen molar-refractivity contribution in [3.05, 3.63) is 48.0 Å². The van der Waals surface area contributed by atoms with E-state index < -0.39 is 0 Å². The summed E-state index contributed by atoms with van der Waals surface area (Å²) in [7, 11) is 0. The lowest BCUT2D eigenvalue weighted by Gasteiger charge is -2.15. The first-order chi connectivity index (χ1) is 9.33. The minimum atomic E-state index is -0.0934. The van der Waals surface area contributed by atoms with E-state index in [9.17, 15) is 5.11 Å². The van der Waals surface area contributed by atoms with Gasteiger partial charge in [0.25, 0.3) is 0 Å². The first kappa shape index (κ1) is 12.6. The molecule has 2 atom stereocenters. The molecule has 0 amide bonds. The largest absolute Gasteiger partial charge is 0.393 e. The van der Waals surface area contributed by atoms with Crippen LogP contribution in [0, 0.1) is 5.92 Å². The molecule has 2 heteroatoms. The van der Waals surface area contributed by atoms with Crippen LogP contribution in [0.4, 0.5) is 0 Å². The van der Waals surface area contributed by atoms with Crippen molar-refractivity contribution in [2.45, 2.75) is 31.9 Å². The summed E-state index contributed by atoms with van der Waals surface area (Å²) in [5.41, 5.74) is 1.31. The zero-order chi connectivity index (χ0) is 13.1. The van der Waals surface area contributed by atoms with E-state index in [1.54, 1.807) is 0 Å². The summed E-state index contributed by atoms with van der Waals surface area (Å²) >= 11 is 0. The molecule has 1 saturated carbocycles. The molecule has 0 heterocycles. The fourth-order valence-electron chi connectivity index (χ4n) is 3.01. The van der Waals surface area contributed by atoms with Crippen molar-refractivity contribution in [1.82, 2.24) is 5.32 Å². The van der Waals surface area contributed by atoms with Crippen LogP contribution in [0.2, 0.25) is 0 Å². The van der Waals surface area contributed by atoms with Gasteiger partial charge < -0.3 is 10.4 Å². The summed E-state index contributed by atoms with van der Waals surface area (Å²) in [6, 6.07) is 15.0. The molecule has 100 valence electrons. The van der Waals surface area contributed by atoms with Crippen LogP contribution in [-0.4, -0.2) is 17.8 Å². The third-order valence-corrected chi connectivity index (χ3v) is 4.17. The average molecular weight is 255 g/mol. The molecule has 3 rings (SSSR count). The predicted octanol–water partition coefficient (Wildman–Crippen LogP) is 3.09. The number of hydrogen-bond acceptors (Lipinski definition) is 2. The van der Waals surface area contributed by atoms with Crippen molar-refractivity contribution in [3.63, 3.8) is 0 Å². The molecule has 2 N–H and O–H groups in total. The quantitative estimate of drug-likeness (QED) is 0.880. The van der Waals surface area contributed by atoms with Gasteiger partial charge in [0.15, 0.2) is 0 Å². The zero-order valence-electron chi connectivity index (χ0n) is 11.2. The lowest BCUT2D eigenvalue weighted by Crippen LogP contribution is -2.27. The lowest BCUT2D eigenvalue weighted by molar-refractivity contribution is 0.131. The molecule has 19 heavy (non-hydrogen) atoms. The van der Waals surface area contributed by atoms with E-state index >= 15 is 0 Å². The molecular weight excluding hydrogens is 234 g/mol. The average Bonchev–Trinajstić information content (AvgIpc) is 2.84. The first-order valence-electron chi connectivity index (χ1n) is 7.19. The Labute approximate surface area is 114 Å². The van der Waals surface area contributed by atoms with Gasteiger partial charge in [-0.05, 0) is 41.2 Å². The van der Waals surface area contributed by atoms with Gasteiger partial charge in [-0.2, -0.15) is 0 Å². The molecule has 1 aliphatic carbocycles. The second kappa shape index (κ2) is 5.72. The van der Waals surface area contributed by atoms with Crippen LogP contribution in [0.5, 0.6) is 0 Å². The standard InChI is InChI=1S/C17H21NO/c19-17-7-3-6-16(17)12-18-11-13-8-9-14-4-1-2-5-15(14)10-13/h1-2,4-5,8-10,16-19H,3,6-7,11-12H2. The Morgan fingerprint density at radius 1 is 1.05 bits per heavy atom. The topological polar surface area (TPSA) is 32.3 Å². The summed E-state index contributed by atoms with van der Waals surface area (Å²) in [6.07, 6.45) is 3.21. The Morgan fingerprint density at radius 3 is 2.68 bits per heavy atom. The van der Waals surface area contributed by atoms with Gasteiger partial charge >= 0.3 is 0 Å². The van der Waals surface area contributed by atoms with Crippen LogP contribution in [0.15, 0.2) is 42.5 Å². The van der Waals surface area contributed by atoms with Crippen LogP contribution in [0.3, 0.4) is 0 Å². The lowest BCUT2D eigenvalue weighted by atomic mass is 10.1. The van der Waals surface area contributed by atoms with Gasteiger partial charge in [-0.15, -0.1) is 0 Å². The third-order valence-electron chi connectivity index (χ3n) is 4.17. The third kappa shape index (κ3) is 2.96. The van der Waals surface area contributed by atoms with Crippen LogP contribution < -0.4 is 5.32 Å². The molecule has 2 aromatic rings. The van der Waals surface area contributed by atoms with Crippen molar-refractivity contribution in [2.24, 2.45) is 5.92 Å². The Kier molecular flexibility index (Phi) is 3.81. The van der Waals surface area contributed by atoms with Gasteiger partial charge in [-0.1, -0.05) is 42.8 Å². The molecule has 0 aliphatic heterocycles. The Bertz CT molecular complexity index is 552. The Hall–Kier alpha value is -1.38. The van der Waals surface area contributed by atoms with Crippen molar-refractivity contribution < 1.29 is 5.11 Å². The van der Waals surface area contributed by atoms with E-state index in [2.05, 4.69) is 47.8 Å².